The standard InChI is InChI=1S/C25H38F2N2O5S/c1-3-19(10-14-28-20-8-12-25(26,27)13-9-20)11-16-34-22-17-18(2)6-7-23(22)35(32,33)29-15-4-5-21(29)24(30)31/h6-7,17,19-21,28H,3-5,8-16H2,1-2H3,(H,30,31)/t19?,21-/m0/s1. The van der Waals surface area contributed by atoms with Crippen molar-refractivity contribution in [1.82, 2.24) is 9.62 Å². The van der Waals surface area contributed by atoms with Crippen molar-refractivity contribution in [3.8, 4) is 5.75 Å². The van der Waals surface area contributed by atoms with Crippen LogP contribution in [0.2, 0.25) is 0 Å². The van der Waals surface area contributed by atoms with Crippen LogP contribution in [-0.4, -0.2) is 61.5 Å². The molecular weight excluding hydrogens is 478 g/mol. The van der Waals surface area contributed by atoms with E-state index in [2.05, 4.69) is 12.2 Å². The lowest BCUT2D eigenvalue weighted by Gasteiger charge is -2.29. The molecule has 0 amide bonds. The Kier molecular flexibility index (Phi) is 9.51. The van der Waals surface area contributed by atoms with Gasteiger partial charge in [0.05, 0.1) is 6.61 Å². The first-order chi connectivity index (χ1) is 16.5. The maximum Gasteiger partial charge on any atom is 0.322 e. The molecule has 1 aliphatic carbocycles. The highest BCUT2D eigenvalue weighted by Gasteiger charge is 2.40. The van der Waals surface area contributed by atoms with Crippen LogP contribution in [0.25, 0.3) is 0 Å². The molecule has 1 saturated heterocycles. The molecule has 0 spiro atoms. The second-order valence-electron chi connectivity index (χ2n) is 9.85. The maximum atomic E-state index is 13.3. The van der Waals surface area contributed by atoms with E-state index in [9.17, 15) is 27.1 Å². The zero-order valence-corrected chi connectivity index (χ0v) is 21.5. The van der Waals surface area contributed by atoms with Crippen LogP contribution >= 0.6 is 0 Å². The van der Waals surface area contributed by atoms with E-state index < -0.39 is 28.0 Å². The third-order valence-corrected chi connectivity index (χ3v) is 9.19. The van der Waals surface area contributed by atoms with Crippen LogP contribution in [0.4, 0.5) is 8.78 Å². The number of nitrogens with zero attached hydrogens (tertiary/aromatic N) is 1. The number of aliphatic carboxylic acids is 1. The molecular formula is C25H38F2N2O5S. The van der Waals surface area contributed by atoms with E-state index in [1.165, 1.54) is 6.07 Å². The summed E-state index contributed by atoms with van der Waals surface area (Å²) >= 11 is 0. The summed E-state index contributed by atoms with van der Waals surface area (Å²) < 4.78 is 60.3. The number of hydrogen-bond donors (Lipinski definition) is 2. The van der Waals surface area contributed by atoms with Crippen LogP contribution in [0.3, 0.4) is 0 Å². The first kappa shape index (κ1) is 27.8. The van der Waals surface area contributed by atoms with Crippen molar-refractivity contribution in [3.05, 3.63) is 23.8 Å². The topological polar surface area (TPSA) is 95.9 Å². The Morgan fingerprint density at radius 1 is 1.26 bits per heavy atom. The van der Waals surface area contributed by atoms with Gasteiger partial charge in [-0.1, -0.05) is 19.4 Å². The quantitative estimate of drug-likeness (QED) is 0.422. The molecule has 0 aromatic heterocycles. The van der Waals surface area contributed by atoms with Crippen LogP contribution in [-0.2, 0) is 14.8 Å². The molecule has 1 saturated carbocycles. The second-order valence-corrected chi connectivity index (χ2v) is 11.7. The van der Waals surface area contributed by atoms with Crippen molar-refractivity contribution in [2.75, 3.05) is 19.7 Å². The Morgan fingerprint density at radius 3 is 2.63 bits per heavy atom. The van der Waals surface area contributed by atoms with Gasteiger partial charge in [-0.15, -0.1) is 0 Å². The summed E-state index contributed by atoms with van der Waals surface area (Å²) in [5.74, 6) is -3.06. The summed E-state index contributed by atoms with van der Waals surface area (Å²) in [4.78, 5) is 11.5. The average molecular weight is 517 g/mol. The zero-order chi connectivity index (χ0) is 25.6. The largest absolute Gasteiger partial charge is 0.492 e. The molecule has 3 rings (SSSR count). The summed E-state index contributed by atoms with van der Waals surface area (Å²) in [6, 6.07) is 3.95. The maximum absolute atomic E-state index is 13.3. The highest BCUT2D eigenvalue weighted by atomic mass is 32.2. The third kappa shape index (κ3) is 7.36. The van der Waals surface area contributed by atoms with Crippen molar-refractivity contribution >= 4 is 16.0 Å². The number of nitrogens with one attached hydrogen (secondary N) is 1. The number of benzene rings is 1. The van der Waals surface area contributed by atoms with Gasteiger partial charge >= 0.3 is 5.97 Å². The number of carboxylic acids is 1. The van der Waals surface area contributed by atoms with Crippen molar-refractivity contribution in [3.63, 3.8) is 0 Å². The van der Waals surface area contributed by atoms with Crippen LogP contribution in [0.15, 0.2) is 23.1 Å². The molecule has 198 valence electrons. The Bertz CT molecular complexity index is 963. The van der Waals surface area contributed by atoms with E-state index >= 15 is 0 Å². The highest BCUT2D eigenvalue weighted by Crippen LogP contribution is 2.34. The van der Waals surface area contributed by atoms with E-state index in [1.54, 1.807) is 12.1 Å². The smallest absolute Gasteiger partial charge is 0.322 e. The van der Waals surface area contributed by atoms with E-state index in [4.69, 9.17) is 4.74 Å². The Balaban J connectivity index is 1.55. The van der Waals surface area contributed by atoms with Crippen LogP contribution in [0.5, 0.6) is 5.75 Å². The Labute approximate surface area is 207 Å². The molecule has 1 aliphatic heterocycles. The van der Waals surface area contributed by atoms with E-state index in [0.717, 1.165) is 35.7 Å². The summed E-state index contributed by atoms with van der Waals surface area (Å²) in [7, 11) is -4.01. The fraction of sp³-hybridized carbons (Fsp3) is 0.720. The fourth-order valence-corrected chi connectivity index (χ4v) is 6.73. The van der Waals surface area contributed by atoms with E-state index in [-0.39, 0.29) is 36.1 Å². The van der Waals surface area contributed by atoms with Gasteiger partial charge in [0.25, 0.3) is 0 Å². The molecule has 1 aromatic carbocycles. The van der Waals surface area contributed by atoms with Crippen LogP contribution in [0, 0.1) is 12.8 Å². The van der Waals surface area contributed by atoms with E-state index in [1.807, 2.05) is 6.92 Å². The monoisotopic (exact) mass is 516 g/mol. The van der Waals surface area contributed by atoms with Gasteiger partial charge in [0, 0.05) is 25.4 Å². The van der Waals surface area contributed by atoms with Gasteiger partial charge in [-0.25, -0.2) is 17.2 Å². The molecule has 0 radical (unpaired) electrons. The zero-order valence-electron chi connectivity index (χ0n) is 20.6. The molecule has 1 unspecified atom stereocenters. The Hall–Kier alpha value is -1.78. The number of ether oxygens (including phenoxy) is 1. The molecule has 1 aromatic rings. The van der Waals surface area contributed by atoms with E-state index in [0.29, 0.717) is 38.2 Å². The van der Waals surface area contributed by atoms with Crippen molar-refractivity contribution in [2.24, 2.45) is 5.92 Å². The van der Waals surface area contributed by atoms with Crippen LogP contribution < -0.4 is 10.1 Å². The van der Waals surface area contributed by atoms with Gasteiger partial charge in [0.2, 0.25) is 15.9 Å². The first-order valence-electron chi connectivity index (χ1n) is 12.6. The normalized spacial score (nSPS) is 22.2. The van der Waals surface area contributed by atoms with Crippen molar-refractivity contribution in [1.29, 1.82) is 0 Å². The van der Waals surface area contributed by atoms with Crippen molar-refractivity contribution in [2.45, 2.75) is 94.5 Å². The van der Waals surface area contributed by atoms with Gasteiger partial charge < -0.3 is 15.2 Å². The number of sulfonamides is 1. The molecule has 2 aliphatic rings. The number of rotatable bonds is 12. The minimum Gasteiger partial charge on any atom is -0.492 e. The number of hydrogen-bond acceptors (Lipinski definition) is 5. The predicted octanol–water partition coefficient (Wildman–Crippen LogP) is 4.59. The van der Waals surface area contributed by atoms with Gasteiger partial charge in [0.1, 0.15) is 16.7 Å². The third-order valence-electron chi connectivity index (χ3n) is 7.24. The minimum atomic E-state index is -4.01. The SMILES string of the molecule is CCC(CCNC1CCC(F)(F)CC1)CCOc1cc(C)ccc1S(=O)(=O)N1CCC[C@H]1C(=O)O. The molecule has 2 atom stereocenters. The average Bonchev–Trinajstić information content (AvgIpc) is 3.30. The number of carbonyl (C=O) groups is 1. The summed E-state index contributed by atoms with van der Waals surface area (Å²) in [5, 5.41) is 12.8. The first-order valence-corrected chi connectivity index (χ1v) is 14.1. The van der Waals surface area contributed by atoms with Gasteiger partial charge in [-0.05, 0) is 75.6 Å². The second kappa shape index (κ2) is 12.0. The predicted molar refractivity (Wildman–Crippen MR) is 129 cm³/mol. The molecule has 2 N–H and O–H groups in total. The molecule has 10 heteroatoms. The summed E-state index contributed by atoms with van der Waals surface area (Å²) in [5.41, 5.74) is 0.851. The lowest BCUT2D eigenvalue weighted by Crippen LogP contribution is -2.40. The lowest BCUT2D eigenvalue weighted by atomic mass is 9.92. The molecule has 7 nitrogen and oxygen atoms in total. The Morgan fingerprint density at radius 2 is 1.97 bits per heavy atom. The summed E-state index contributed by atoms with van der Waals surface area (Å²) in [6.07, 6.45) is 4.25. The number of carboxylic acid groups (broad SMARTS) is 1. The summed E-state index contributed by atoms with van der Waals surface area (Å²) in [6.45, 7) is 5.21. The molecule has 35 heavy (non-hydrogen) atoms. The highest BCUT2D eigenvalue weighted by molar-refractivity contribution is 7.89. The number of aryl methyl sites for hydroxylation is 1. The minimum absolute atomic E-state index is 0.0000605. The van der Waals surface area contributed by atoms with Crippen molar-refractivity contribution < 1.29 is 31.8 Å². The molecule has 0 bridgehead atoms. The molecule has 1 heterocycles. The van der Waals surface area contributed by atoms with Gasteiger partial charge in [-0.2, -0.15) is 4.31 Å². The van der Waals surface area contributed by atoms with Crippen LogP contribution in [0.1, 0.15) is 70.3 Å². The van der Waals surface area contributed by atoms with Gasteiger partial charge in [-0.3, -0.25) is 4.79 Å². The lowest BCUT2D eigenvalue weighted by molar-refractivity contribution is -0.140. The number of alkyl halides is 2. The fourth-order valence-electron chi connectivity index (χ4n) is 4.97. The number of halogens is 2. The molecule has 2 fully saturated rings. The van der Waals surface area contributed by atoms with Gasteiger partial charge in [0.15, 0.2) is 0 Å².